The molecule has 0 aliphatic heterocycles. The van der Waals surface area contributed by atoms with Gasteiger partial charge in [0.15, 0.2) is 0 Å². The maximum Gasteiger partial charge on any atom is 0.311 e. The van der Waals surface area contributed by atoms with Gasteiger partial charge in [0.05, 0.1) is 0 Å². The summed E-state index contributed by atoms with van der Waals surface area (Å²) in [5, 5.41) is 9.33. The van der Waals surface area contributed by atoms with E-state index in [-0.39, 0.29) is 24.2 Å². The Morgan fingerprint density at radius 2 is 1.27 bits per heavy atom. The van der Waals surface area contributed by atoms with Crippen molar-refractivity contribution in [2.75, 3.05) is 0 Å². The number of carbonyl (C=O) groups excluding carboxylic acids is 1. The lowest BCUT2D eigenvalue weighted by molar-refractivity contribution is -0.138. The zero-order valence-corrected chi connectivity index (χ0v) is 23.2. The minimum atomic E-state index is -0.722. The van der Waals surface area contributed by atoms with E-state index in [0.717, 1.165) is 24.8 Å². The summed E-state index contributed by atoms with van der Waals surface area (Å²) in [6.45, 7) is 2.27. The average Bonchev–Trinajstić information content (AvgIpc) is 3.49. The number of ether oxygens (including phenoxy) is 1. The van der Waals surface area contributed by atoms with Crippen LogP contribution >= 0.6 is 0 Å². The first-order chi connectivity index (χ1) is 18.1. The van der Waals surface area contributed by atoms with Crippen molar-refractivity contribution in [3.05, 3.63) is 42.0 Å². The Morgan fingerprint density at radius 3 is 1.81 bits per heavy atom. The van der Waals surface area contributed by atoms with Crippen molar-refractivity contribution in [2.24, 2.45) is 17.8 Å². The van der Waals surface area contributed by atoms with Gasteiger partial charge in [-0.3, -0.25) is 9.59 Å². The molecule has 1 fully saturated rings. The Bertz CT molecular complexity index is 827. The van der Waals surface area contributed by atoms with Gasteiger partial charge in [-0.25, -0.2) is 0 Å². The molecule has 0 aromatic heterocycles. The number of hydrogen-bond acceptors (Lipinski definition) is 3. The highest BCUT2D eigenvalue weighted by Gasteiger charge is 2.45. The molecule has 4 heteroatoms. The van der Waals surface area contributed by atoms with E-state index in [1.807, 2.05) is 24.3 Å². The lowest BCUT2D eigenvalue weighted by Gasteiger charge is -2.27. The van der Waals surface area contributed by atoms with Crippen LogP contribution in [0.4, 0.5) is 0 Å². The molecule has 3 rings (SSSR count). The third-order valence-electron chi connectivity index (χ3n) is 8.51. The average molecular weight is 511 g/mol. The SMILES string of the molecule is CCCCCCCCCCCCCCCCCC(=O)Oc1ccc(C2C3C=CC(C3)C2CC(=O)O)cc1. The van der Waals surface area contributed by atoms with Gasteiger partial charge in [-0.2, -0.15) is 0 Å². The van der Waals surface area contributed by atoms with E-state index in [0.29, 0.717) is 24.0 Å². The Hall–Kier alpha value is -2.10. The van der Waals surface area contributed by atoms with E-state index in [9.17, 15) is 14.7 Å². The van der Waals surface area contributed by atoms with Crippen molar-refractivity contribution in [1.29, 1.82) is 0 Å². The number of aliphatic carboxylic acids is 1. The standard InChI is InChI=1S/C33H50O4/c1-2-3-4-5-6-7-8-9-10-11-12-13-14-15-16-17-32(36)37-29-22-20-26(21-23-29)33-28-19-18-27(24-28)30(33)25-31(34)35/h18-23,27-28,30,33H,2-17,24-25H2,1H3,(H,34,35). The molecular weight excluding hydrogens is 460 g/mol. The molecule has 4 unspecified atom stereocenters. The first-order valence-electron chi connectivity index (χ1n) is 15.3. The van der Waals surface area contributed by atoms with E-state index in [2.05, 4.69) is 19.1 Å². The normalized spacial score (nSPS) is 22.0. The summed E-state index contributed by atoms with van der Waals surface area (Å²) in [5.74, 6) is 0.908. The Labute approximate surface area is 225 Å². The summed E-state index contributed by atoms with van der Waals surface area (Å²) in [6.07, 6.45) is 25.9. The fourth-order valence-corrected chi connectivity index (χ4v) is 6.48. The van der Waals surface area contributed by atoms with Gasteiger partial charge in [0.1, 0.15) is 5.75 Å². The van der Waals surface area contributed by atoms with Gasteiger partial charge in [0.2, 0.25) is 0 Å². The number of benzene rings is 1. The van der Waals surface area contributed by atoms with Gasteiger partial charge in [0, 0.05) is 12.8 Å². The number of carboxylic acids is 1. The molecule has 37 heavy (non-hydrogen) atoms. The number of hydrogen-bond donors (Lipinski definition) is 1. The van der Waals surface area contributed by atoms with E-state index in [4.69, 9.17) is 4.74 Å². The van der Waals surface area contributed by atoms with Gasteiger partial charge in [-0.15, -0.1) is 0 Å². The smallest absolute Gasteiger partial charge is 0.311 e. The van der Waals surface area contributed by atoms with Gasteiger partial charge >= 0.3 is 11.9 Å². The van der Waals surface area contributed by atoms with E-state index in [1.165, 1.54) is 83.5 Å². The third-order valence-corrected chi connectivity index (χ3v) is 8.51. The summed E-state index contributed by atoms with van der Waals surface area (Å²) in [5.41, 5.74) is 1.16. The van der Waals surface area contributed by atoms with Crippen LogP contribution < -0.4 is 4.74 Å². The van der Waals surface area contributed by atoms with E-state index >= 15 is 0 Å². The molecule has 2 aliphatic rings. The third kappa shape index (κ3) is 10.3. The van der Waals surface area contributed by atoms with Crippen molar-refractivity contribution in [2.45, 2.75) is 128 Å². The first-order valence-corrected chi connectivity index (χ1v) is 15.3. The number of carboxylic acid groups (broad SMARTS) is 1. The molecule has 0 saturated heterocycles. The molecule has 2 bridgehead atoms. The minimum absolute atomic E-state index is 0.158. The van der Waals surface area contributed by atoms with Crippen LogP contribution in [0, 0.1) is 17.8 Å². The maximum absolute atomic E-state index is 12.3. The molecule has 206 valence electrons. The lowest BCUT2D eigenvalue weighted by atomic mass is 9.77. The molecular formula is C33H50O4. The second-order valence-electron chi connectivity index (χ2n) is 11.5. The molecule has 0 amide bonds. The predicted octanol–water partition coefficient (Wildman–Crippen LogP) is 9.23. The topological polar surface area (TPSA) is 63.6 Å². The molecule has 0 radical (unpaired) electrons. The van der Waals surface area contributed by atoms with Crippen LogP contribution in [0.25, 0.3) is 0 Å². The van der Waals surface area contributed by atoms with E-state index < -0.39 is 5.97 Å². The Kier molecular flexibility index (Phi) is 13.3. The molecule has 1 N–H and O–H groups in total. The monoisotopic (exact) mass is 510 g/mol. The molecule has 1 aromatic carbocycles. The molecule has 1 aromatic rings. The number of carbonyl (C=O) groups is 2. The lowest BCUT2D eigenvalue weighted by Crippen LogP contribution is -2.21. The van der Waals surface area contributed by atoms with Gasteiger partial charge in [-0.1, -0.05) is 121 Å². The summed E-state index contributed by atoms with van der Waals surface area (Å²) in [6, 6.07) is 7.77. The van der Waals surface area contributed by atoms with Crippen molar-refractivity contribution < 1.29 is 19.4 Å². The second-order valence-corrected chi connectivity index (χ2v) is 11.5. The number of fused-ring (bicyclic) bond motifs is 2. The Morgan fingerprint density at radius 1 is 0.757 bits per heavy atom. The largest absolute Gasteiger partial charge is 0.481 e. The molecule has 2 aliphatic carbocycles. The van der Waals surface area contributed by atoms with Crippen LogP contribution in [0.15, 0.2) is 36.4 Å². The van der Waals surface area contributed by atoms with Gasteiger partial charge in [0.25, 0.3) is 0 Å². The summed E-state index contributed by atoms with van der Waals surface area (Å²) < 4.78 is 5.56. The zero-order chi connectivity index (χ0) is 26.3. The molecule has 1 saturated carbocycles. The second kappa shape index (κ2) is 16.7. The molecule has 0 heterocycles. The zero-order valence-electron chi connectivity index (χ0n) is 23.2. The highest BCUT2D eigenvalue weighted by molar-refractivity contribution is 5.72. The van der Waals surface area contributed by atoms with Crippen LogP contribution in [0.3, 0.4) is 0 Å². The number of esters is 1. The molecule has 4 nitrogen and oxygen atoms in total. The van der Waals surface area contributed by atoms with Crippen LogP contribution in [-0.2, 0) is 9.59 Å². The van der Waals surface area contributed by atoms with Gasteiger partial charge < -0.3 is 9.84 Å². The van der Waals surface area contributed by atoms with Crippen molar-refractivity contribution in [1.82, 2.24) is 0 Å². The quantitative estimate of drug-likeness (QED) is 0.0821. The molecule has 0 spiro atoms. The highest BCUT2D eigenvalue weighted by atomic mass is 16.5. The Balaban J connectivity index is 1.21. The number of rotatable bonds is 20. The maximum atomic E-state index is 12.3. The minimum Gasteiger partial charge on any atom is -0.481 e. The van der Waals surface area contributed by atoms with Gasteiger partial charge in [-0.05, 0) is 54.2 Å². The van der Waals surface area contributed by atoms with Crippen LogP contribution in [-0.4, -0.2) is 17.0 Å². The summed E-state index contributed by atoms with van der Waals surface area (Å²) in [7, 11) is 0. The molecule has 4 atom stereocenters. The van der Waals surface area contributed by atoms with Crippen LogP contribution in [0.5, 0.6) is 5.75 Å². The number of allylic oxidation sites excluding steroid dienone is 2. The number of unbranched alkanes of at least 4 members (excludes halogenated alkanes) is 14. The van der Waals surface area contributed by atoms with Crippen LogP contribution in [0.2, 0.25) is 0 Å². The summed E-state index contributed by atoms with van der Waals surface area (Å²) >= 11 is 0. The van der Waals surface area contributed by atoms with Crippen molar-refractivity contribution in [3.8, 4) is 5.75 Å². The van der Waals surface area contributed by atoms with E-state index in [1.54, 1.807) is 0 Å². The van der Waals surface area contributed by atoms with Crippen molar-refractivity contribution >= 4 is 11.9 Å². The predicted molar refractivity (Wildman–Crippen MR) is 151 cm³/mol. The first kappa shape index (κ1) is 29.5. The van der Waals surface area contributed by atoms with Crippen molar-refractivity contribution in [3.63, 3.8) is 0 Å². The fourth-order valence-electron chi connectivity index (χ4n) is 6.48. The highest BCUT2D eigenvalue weighted by Crippen LogP contribution is 2.54. The summed E-state index contributed by atoms with van der Waals surface area (Å²) in [4.78, 5) is 23.6. The fraction of sp³-hybridized carbons (Fsp3) is 0.697. The van der Waals surface area contributed by atoms with Crippen LogP contribution in [0.1, 0.15) is 134 Å².